The minimum Gasteiger partial charge on any atom is -0.339 e. The van der Waals surface area contributed by atoms with E-state index in [-0.39, 0.29) is 0 Å². The highest BCUT2D eigenvalue weighted by Gasteiger charge is 2.02. The summed E-state index contributed by atoms with van der Waals surface area (Å²) in [5, 5.41) is 0. The second kappa shape index (κ2) is 4.31. The maximum Gasteiger partial charge on any atom is 0.0756 e. The molecule has 11 heavy (non-hydrogen) atoms. The molecule has 0 aliphatic carbocycles. The van der Waals surface area contributed by atoms with Crippen molar-refractivity contribution in [2.24, 2.45) is 0 Å². The Kier molecular flexibility index (Phi) is 3.33. The highest BCUT2D eigenvalue weighted by atomic mass is 28.2. The summed E-state index contributed by atoms with van der Waals surface area (Å²) < 4.78 is 0. The van der Waals surface area contributed by atoms with Crippen LogP contribution in [-0.2, 0) is 0 Å². The number of rotatable bonds is 3. The molecule has 1 aromatic rings. The number of nitrogens with one attached hydrogen (secondary N) is 1. The fraction of sp³-hybridized carbons (Fsp3) is 0.333. The minimum absolute atomic E-state index is 0.572. The lowest BCUT2D eigenvalue weighted by Crippen LogP contribution is -2.16. The van der Waals surface area contributed by atoms with Crippen molar-refractivity contribution in [2.75, 3.05) is 0 Å². The fourth-order valence-corrected chi connectivity index (χ4v) is 2.03. The standard InChI is InChI=1S/C9H15NSi/c1-2-9(10-11)8-6-4-3-5-7-8/h3-7,9-10H,2H2,1,11H3. The molecule has 1 aromatic carbocycles. The number of hydrogen-bond acceptors (Lipinski definition) is 1. The molecule has 1 N–H and O–H groups in total. The van der Waals surface area contributed by atoms with Crippen LogP contribution in [0.15, 0.2) is 30.3 Å². The average molecular weight is 165 g/mol. The molecule has 1 rings (SSSR count). The largest absolute Gasteiger partial charge is 0.339 e. The first-order valence-corrected chi connectivity index (χ1v) is 5.10. The molecule has 0 aliphatic heterocycles. The van der Waals surface area contributed by atoms with Gasteiger partial charge in [0.15, 0.2) is 0 Å². The molecule has 0 aromatic heterocycles. The van der Waals surface area contributed by atoms with Gasteiger partial charge in [0.05, 0.1) is 10.4 Å². The molecule has 1 unspecified atom stereocenters. The zero-order chi connectivity index (χ0) is 8.10. The van der Waals surface area contributed by atoms with Crippen molar-refractivity contribution in [3.63, 3.8) is 0 Å². The van der Waals surface area contributed by atoms with Crippen LogP contribution in [0.1, 0.15) is 24.9 Å². The van der Waals surface area contributed by atoms with Crippen LogP contribution in [0.25, 0.3) is 0 Å². The number of hydrogen-bond donors (Lipinski definition) is 1. The first-order chi connectivity index (χ1) is 5.38. The van der Waals surface area contributed by atoms with Gasteiger partial charge in [-0.15, -0.1) is 0 Å². The normalized spacial score (nSPS) is 13.2. The van der Waals surface area contributed by atoms with E-state index in [1.165, 1.54) is 12.0 Å². The Hall–Kier alpha value is -0.603. The van der Waals surface area contributed by atoms with Gasteiger partial charge in [-0.3, -0.25) is 0 Å². The molecule has 0 amide bonds. The Bertz CT molecular complexity index is 194. The van der Waals surface area contributed by atoms with Gasteiger partial charge in [-0.05, 0) is 12.0 Å². The summed E-state index contributed by atoms with van der Waals surface area (Å²) in [7, 11) is 1.07. The van der Waals surface area contributed by atoms with Crippen LogP contribution in [0.4, 0.5) is 0 Å². The van der Waals surface area contributed by atoms with Crippen molar-refractivity contribution < 1.29 is 0 Å². The van der Waals surface area contributed by atoms with E-state index < -0.39 is 0 Å². The van der Waals surface area contributed by atoms with Crippen molar-refractivity contribution in [1.29, 1.82) is 0 Å². The Balaban J connectivity index is 2.74. The third-order valence-electron chi connectivity index (χ3n) is 1.96. The van der Waals surface area contributed by atoms with Gasteiger partial charge in [-0.25, -0.2) is 0 Å². The van der Waals surface area contributed by atoms with Gasteiger partial charge in [0.25, 0.3) is 0 Å². The Morgan fingerprint density at radius 2 is 2.00 bits per heavy atom. The summed E-state index contributed by atoms with van der Waals surface area (Å²) >= 11 is 0. The molecule has 0 saturated heterocycles. The topological polar surface area (TPSA) is 12.0 Å². The highest BCUT2D eigenvalue weighted by Crippen LogP contribution is 2.14. The zero-order valence-electron chi connectivity index (χ0n) is 7.17. The van der Waals surface area contributed by atoms with Crippen LogP contribution in [0.2, 0.25) is 0 Å². The predicted molar refractivity (Wildman–Crippen MR) is 52.5 cm³/mol. The molecule has 2 heteroatoms. The first-order valence-electron chi connectivity index (χ1n) is 4.10. The van der Waals surface area contributed by atoms with Crippen LogP contribution < -0.4 is 4.98 Å². The molecule has 0 bridgehead atoms. The van der Waals surface area contributed by atoms with E-state index in [1.807, 2.05) is 0 Å². The van der Waals surface area contributed by atoms with Crippen LogP contribution in [0.5, 0.6) is 0 Å². The molecule has 60 valence electrons. The second-order valence-corrected chi connectivity index (χ2v) is 3.24. The van der Waals surface area contributed by atoms with Crippen LogP contribution in [-0.4, -0.2) is 10.4 Å². The van der Waals surface area contributed by atoms with Crippen molar-refractivity contribution in [2.45, 2.75) is 19.4 Å². The molecule has 0 radical (unpaired) electrons. The van der Waals surface area contributed by atoms with Crippen molar-refractivity contribution in [3.8, 4) is 0 Å². The van der Waals surface area contributed by atoms with Crippen LogP contribution in [0, 0.1) is 0 Å². The van der Waals surface area contributed by atoms with Gasteiger partial charge in [-0.2, -0.15) is 0 Å². The lowest BCUT2D eigenvalue weighted by molar-refractivity contribution is 0.644. The first kappa shape index (κ1) is 8.49. The predicted octanol–water partition coefficient (Wildman–Crippen LogP) is 1.01. The maximum atomic E-state index is 3.41. The Labute approximate surface area is 71.3 Å². The number of benzene rings is 1. The van der Waals surface area contributed by atoms with E-state index >= 15 is 0 Å². The van der Waals surface area contributed by atoms with E-state index in [0.29, 0.717) is 6.04 Å². The second-order valence-electron chi connectivity index (χ2n) is 2.66. The molecule has 0 spiro atoms. The summed E-state index contributed by atoms with van der Waals surface area (Å²) in [6.45, 7) is 2.21. The van der Waals surface area contributed by atoms with Crippen LogP contribution >= 0.6 is 0 Å². The molecule has 1 atom stereocenters. The molecular formula is C9H15NSi. The van der Waals surface area contributed by atoms with E-state index in [0.717, 1.165) is 10.4 Å². The maximum absolute atomic E-state index is 3.41. The molecule has 0 saturated carbocycles. The fourth-order valence-electron chi connectivity index (χ4n) is 1.29. The highest BCUT2D eigenvalue weighted by molar-refractivity contribution is 6.04. The van der Waals surface area contributed by atoms with Gasteiger partial charge >= 0.3 is 0 Å². The molecular weight excluding hydrogens is 150 g/mol. The molecule has 0 fully saturated rings. The van der Waals surface area contributed by atoms with Crippen molar-refractivity contribution in [3.05, 3.63) is 35.9 Å². The third kappa shape index (κ3) is 2.17. The lowest BCUT2D eigenvalue weighted by atomic mass is 10.1. The van der Waals surface area contributed by atoms with Gasteiger partial charge < -0.3 is 4.98 Å². The lowest BCUT2D eigenvalue weighted by Gasteiger charge is -2.13. The monoisotopic (exact) mass is 165 g/mol. The van der Waals surface area contributed by atoms with Gasteiger partial charge in [0.1, 0.15) is 0 Å². The van der Waals surface area contributed by atoms with E-state index in [9.17, 15) is 0 Å². The minimum atomic E-state index is 0.572. The molecule has 0 aliphatic rings. The Morgan fingerprint density at radius 3 is 2.45 bits per heavy atom. The summed E-state index contributed by atoms with van der Waals surface area (Å²) in [4.78, 5) is 3.41. The van der Waals surface area contributed by atoms with E-state index in [1.54, 1.807) is 0 Å². The molecule has 0 heterocycles. The summed E-state index contributed by atoms with van der Waals surface area (Å²) in [6.07, 6.45) is 1.17. The van der Waals surface area contributed by atoms with Gasteiger partial charge in [-0.1, -0.05) is 37.3 Å². The quantitative estimate of drug-likeness (QED) is 0.659. The van der Waals surface area contributed by atoms with E-state index in [2.05, 4.69) is 42.2 Å². The van der Waals surface area contributed by atoms with Gasteiger partial charge in [0.2, 0.25) is 0 Å². The SMILES string of the molecule is CCC(N[SiH3])c1ccccc1. The summed E-state index contributed by atoms with van der Waals surface area (Å²) in [6, 6.07) is 11.2. The Morgan fingerprint density at radius 1 is 1.36 bits per heavy atom. The van der Waals surface area contributed by atoms with Crippen molar-refractivity contribution >= 4 is 10.4 Å². The average Bonchev–Trinajstić information content (AvgIpc) is 2.09. The summed E-state index contributed by atoms with van der Waals surface area (Å²) in [5.41, 5.74) is 1.41. The summed E-state index contributed by atoms with van der Waals surface area (Å²) in [5.74, 6) is 0. The smallest absolute Gasteiger partial charge is 0.0756 e. The molecule has 1 nitrogen and oxygen atoms in total. The van der Waals surface area contributed by atoms with Crippen LogP contribution in [0.3, 0.4) is 0 Å². The van der Waals surface area contributed by atoms with Crippen molar-refractivity contribution in [1.82, 2.24) is 4.98 Å². The third-order valence-corrected chi connectivity index (χ3v) is 2.66. The van der Waals surface area contributed by atoms with Gasteiger partial charge in [0, 0.05) is 6.04 Å². The van der Waals surface area contributed by atoms with E-state index in [4.69, 9.17) is 0 Å². The zero-order valence-corrected chi connectivity index (χ0v) is 9.17.